The number of amides is 1. The van der Waals surface area contributed by atoms with Crippen molar-refractivity contribution < 1.29 is 13.2 Å². The molecule has 7 heteroatoms. The van der Waals surface area contributed by atoms with Gasteiger partial charge in [0, 0.05) is 31.7 Å². The Morgan fingerprint density at radius 2 is 1.64 bits per heavy atom. The second-order valence-electron chi connectivity index (χ2n) is 7.36. The van der Waals surface area contributed by atoms with Gasteiger partial charge in [0.2, 0.25) is 10.0 Å². The Morgan fingerprint density at radius 3 is 2.39 bits per heavy atom. The second kappa shape index (κ2) is 7.85. The van der Waals surface area contributed by atoms with E-state index < -0.39 is 10.0 Å². The standard InChI is InChI=1S/C21H23ClN2O3S/c22-19-9-8-17(14-20(19)28(26,27)24-11-4-1-5-12-24)21(25)23-13-10-16-6-2-3-7-18(16)15-23/h2-3,6-9,14H,1,4-5,10-13,15H2. The highest BCUT2D eigenvalue weighted by Gasteiger charge is 2.30. The third-order valence-corrected chi connectivity index (χ3v) is 7.91. The number of hydrogen-bond acceptors (Lipinski definition) is 3. The third kappa shape index (κ3) is 3.69. The number of rotatable bonds is 3. The average molecular weight is 419 g/mol. The molecule has 0 saturated carbocycles. The molecule has 1 amide bonds. The van der Waals surface area contributed by atoms with Gasteiger partial charge < -0.3 is 4.90 Å². The fourth-order valence-electron chi connectivity index (χ4n) is 3.93. The second-order valence-corrected chi connectivity index (χ2v) is 9.67. The monoisotopic (exact) mass is 418 g/mol. The van der Waals surface area contributed by atoms with Gasteiger partial charge in [0.15, 0.2) is 0 Å². The summed E-state index contributed by atoms with van der Waals surface area (Å²) in [5.41, 5.74) is 2.76. The van der Waals surface area contributed by atoms with Crippen LogP contribution in [0.3, 0.4) is 0 Å². The van der Waals surface area contributed by atoms with E-state index in [9.17, 15) is 13.2 Å². The molecule has 2 aliphatic heterocycles. The molecule has 1 fully saturated rings. The number of benzene rings is 2. The lowest BCUT2D eigenvalue weighted by molar-refractivity contribution is 0.0734. The molecule has 5 nitrogen and oxygen atoms in total. The first-order valence-corrected chi connectivity index (χ1v) is 11.4. The summed E-state index contributed by atoms with van der Waals surface area (Å²) in [7, 11) is -3.70. The number of halogens is 1. The van der Waals surface area contributed by atoms with E-state index in [1.165, 1.54) is 22.0 Å². The van der Waals surface area contributed by atoms with Gasteiger partial charge in [-0.3, -0.25) is 4.79 Å². The minimum absolute atomic E-state index is 0.0272. The molecule has 0 spiro atoms. The third-order valence-electron chi connectivity index (χ3n) is 5.53. The lowest BCUT2D eigenvalue weighted by Crippen LogP contribution is -2.37. The van der Waals surface area contributed by atoms with Gasteiger partial charge in [0.05, 0.1) is 5.02 Å². The highest BCUT2D eigenvalue weighted by Crippen LogP contribution is 2.29. The number of piperidine rings is 1. The fraction of sp³-hybridized carbons (Fsp3) is 0.381. The van der Waals surface area contributed by atoms with Gasteiger partial charge in [0.1, 0.15) is 4.90 Å². The number of fused-ring (bicyclic) bond motifs is 1. The van der Waals surface area contributed by atoms with Crippen molar-refractivity contribution in [3.63, 3.8) is 0 Å². The van der Waals surface area contributed by atoms with Crippen molar-refractivity contribution in [3.8, 4) is 0 Å². The van der Waals surface area contributed by atoms with Gasteiger partial charge >= 0.3 is 0 Å². The van der Waals surface area contributed by atoms with Gasteiger partial charge in [-0.05, 0) is 48.6 Å². The topological polar surface area (TPSA) is 57.7 Å². The molecule has 0 N–H and O–H groups in total. The van der Waals surface area contributed by atoms with Crippen LogP contribution in [0.2, 0.25) is 5.02 Å². The van der Waals surface area contributed by atoms with Crippen LogP contribution in [0.4, 0.5) is 0 Å². The van der Waals surface area contributed by atoms with Crippen LogP contribution in [0.1, 0.15) is 40.7 Å². The predicted molar refractivity (Wildman–Crippen MR) is 109 cm³/mol. The molecule has 0 bridgehead atoms. The molecule has 2 aliphatic rings. The Hall–Kier alpha value is -1.89. The SMILES string of the molecule is O=C(c1ccc(Cl)c(S(=O)(=O)N2CCCCC2)c1)N1CCc2ccccc2C1. The summed E-state index contributed by atoms with van der Waals surface area (Å²) < 4.78 is 27.6. The molecule has 148 valence electrons. The Balaban J connectivity index is 1.61. The van der Waals surface area contributed by atoms with Crippen LogP contribution in [-0.4, -0.2) is 43.2 Å². The minimum Gasteiger partial charge on any atom is -0.334 e. The minimum atomic E-state index is -3.70. The Labute approximate surface area is 171 Å². The van der Waals surface area contributed by atoms with Gasteiger partial charge in [-0.25, -0.2) is 8.42 Å². The van der Waals surface area contributed by atoms with E-state index in [4.69, 9.17) is 11.6 Å². The Kier molecular flexibility index (Phi) is 5.45. The normalized spacial score (nSPS) is 18.0. The van der Waals surface area contributed by atoms with E-state index in [0.29, 0.717) is 31.7 Å². The first-order valence-electron chi connectivity index (χ1n) is 9.62. The summed E-state index contributed by atoms with van der Waals surface area (Å²) in [6.45, 7) is 2.15. The summed E-state index contributed by atoms with van der Waals surface area (Å²) in [5, 5.41) is 0.158. The molecule has 2 aromatic carbocycles. The smallest absolute Gasteiger partial charge is 0.254 e. The molecular formula is C21H23ClN2O3S. The lowest BCUT2D eigenvalue weighted by Gasteiger charge is -2.29. The van der Waals surface area contributed by atoms with Crippen molar-refractivity contribution in [1.29, 1.82) is 0 Å². The van der Waals surface area contributed by atoms with E-state index >= 15 is 0 Å². The maximum absolute atomic E-state index is 13.1. The zero-order valence-electron chi connectivity index (χ0n) is 15.6. The molecule has 1 saturated heterocycles. The molecular weight excluding hydrogens is 396 g/mol. The number of nitrogens with zero attached hydrogens (tertiary/aromatic N) is 2. The van der Waals surface area contributed by atoms with Gasteiger partial charge in [-0.1, -0.05) is 42.3 Å². The van der Waals surface area contributed by atoms with Crippen LogP contribution in [0.5, 0.6) is 0 Å². The Morgan fingerprint density at radius 1 is 0.929 bits per heavy atom. The summed E-state index contributed by atoms with van der Waals surface area (Å²) in [4.78, 5) is 14.8. The summed E-state index contributed by atoms with van der Waals surface area (Å²) in [5.74, 6) is -0.165. The molecule has 0 aromatic heterocycles. The highest BCUT2D eigenvalue weighted by atomic mass is 35.5. The number of sulfonamides is 1. The summed E-state index contributed by atoms with van der Waals surface area (Å²) in [6.07, 6.45) is 3.54. The predicted octanol–water partition coefficient (Wildman–Crippen LogP) is 3.71. The van der Waals surface area contributed by atoms with Crippen molar-refractivity contribution >= 4 is 27.5 Å². The molecule has 28 heavy (non-hydrogen) atoms. The van der Waals surface area contributed by atoms with Gasteiger partial charge in [-0.15, -0.1) is 0 Å². The maximum atomic E-state index is 13.1. The molecule has 0 radical (unpaired) electrons. The molecule has 0 atom stereocenters. The van der Waals surface area contributed by atoms with Crippen molar-refractivity contribution in [2.45, 2.75) is 37.1 Å². The number of carbonyl (C=O) groups excluding carboxylic acids is 1. The van der Waals surface area contributed by atoms with E-state index in [1.807, 2.05) is 18.2 Å². The maximum Gasteiger partial charge on any atom is 0.254 e. The van der Waals surface area contributed by atoms with Gasteiger partial charge in [0.25, 0.3) is 5.91 Å². The van der Waals surface area contributed by atoms with Crippen molar-refractivity contribution in [2.24, 2.45) is 0 Å². The average Bonchev–Trinajstić information content (AvgIpc) is 2.73. The Bertz CT molecular complexity index is 1000. The van der Waals surface area contributed by atoms with Crippen LogP contribution in [-0.2, 0) is 23.0 Å². The molecule has 2 heterocycles. The zero-order valence-corrected chi connectivity index (χ0v) is 17.2. The first kappa shape index (κ1) is 19.4. The molecule has 2 aromatic rings. The van der Waals surface area contributed by atoms with Crippen LogP contribution < -0.4 is 0 Å². The van der Waals surface area contributed by atoms with E-state index in [2.05, 4.69) is 6.07 Å². The van der Waals surface area contributed by atoms with E-state index in [-0.39, 0.29) is 15.8 Å². The number of hydrogen-bond donors (Lipinski definition) is 0. The van der Waals surface area contributed by atoms with Crippen LogP contribution in [0, 0.1) is 0 Å². The summed E-state index contributed by atoms with van der Waals surface area (Å²) in [6, 6.07) is 12.7. The first-order chi connectivity index (χ1) is 13.5. The quantitative estimate of drug-likeness (QED) is 0.763. The molecule has 0 aliphatic carbocycles. The fourth-order valence-corrected chi connectivity index (χ4v) is 5.95. The molecule has 4 rings (SSSR count). The van der Waals surface area contributed by atoms with Crippen LogP contribution >= 0.6 is 11.6 Å². The van der Waals surface area contributed by atoms with Crippen molar-refractivity contribution in [3.05, 3.63) is 64.2 Å². The van der Waals surface area contributed by atoms with E-state index in [0.717, 1.165) is 31.2 Å². The lowest BCUT2D eigenvalue weighted by atomic mass is 9.99. The van der Waals surface area contributed by atoms with Crippen LogP contribution in [0.25, 0.3) is 0 Å². The number of carbonyl (C=O) groups is 1. The van der Waals surface area contributed by atoms with Crippen molar-refractivity contribution in [2.75, 3.05) is 19.6 Å². The largest absolute Gasteiger partial charge is 0.334 e. The molecule has 0 unspecified atom stereocenters. The van der Waals surface area contributed by atoms with Crippen molar-refractivity contribution in [1.82, 2.24) is 9.21 Å². The van der Waals surface area contributed by atoms with Crippen LogP contribution in [0.15, 0.2) is 47.4 Å². The zero-order chi connectivity index (χ0) is 19.7. The van der Waals surface area contributed by atoms with E-state index in [1.54, 1.807) is 11.0 Å². The summed E-state index contributed by atoms with van der Waals surface area (Å²) >= 11 is 6.23. The van der Waals surface area contributed by atoms with Gasteiger partial charge in [-0.2, -0.15) is 4.31 Å². The highest BCUT2D eigenvalue weighted by molar-refractivity contribution is 7.89.